The van der Waals surface area contributed by atoms with Crippen molar-refractivity contribution in [2.45, 2.75) is 105 Å². The second-order valence-electron chi connectivity index (χ2n) is 16.7. The summed E-state index contributed by atoms with van der Waals surface area (Å²) < 4.78 is 11.7. The molecule has 2 aromatic heterocycles. The van der Waals surface area contributed by atoms with Crippen LogP contribution in [-0.4, -0.2) is 10.2 Å². The monoisotopic (exact) mass is 622 g/mol. The molecule has 0 aliphatic heterocycles. The van der Waals surface area contributed by atoms with Gasteiger partial charge < -0.3 is 19.0 Å². The number of benzene rings is 3. The van der Waals surface area contributed by atoms with E-state index < -0.39 is 11.3 Å². The smallest absolute Gasteiger partial charge is 0.344 e. The third-order valence-corrected chi connectivity index (χ3v) is 8.74. The van der Waals surface area contributed by atoms with E-state index in [4.69, 9.17) is 8.83 Å². The lowest BCUT2D eigenvalue weighted by atomic mass is 9.78. The Labute approximate surface area is 270 Å². The summed E-state index contributed by atoms with van der Waals surface area (Å²) in [5, 5.41) is 23.9. The Morgan fingerprint density at radius 1 is 0.435 bits per heavy atom. The molecule has 0 saturated carbocycles. The highest BCUT2D eigenvalue weighted by molar-refractivity contribution is 5.96. The van der Waals surface area contributed by atoms with Gasteiger partial charge in [0.25, 0.3) is 0 Å². The van der Waals surface area contributed by atoms with Crippen LogP contribution >= 0.6 is 0 Å². The molecule has 5 rings (SSSR count). The fourth-order valence-corrected chi connectivity index (χ4v) is 5.80. The van der Waals surface area contributed by atoms with Gasteiger partial charge in [0.05, 0.1) is 11.1 Å². The highest BCUT2D eigenvalue weighted by Gasteiger charge is 2.28. The van der Waals surface area contributed by atoms with E-state index in [1.165, 1.54) is 0 Å². The van der Waals surface area contributed by atoms with Crippen LogP contribution in [-0.2, 0) is 21.7 Å². The molecule has 0 amide bonds. The van der Waals surface area contributed by atoms with E-state index in [0.717, 1.165) is 22.3 Å². The first-order valence-electron chi connectivity index (χ1n) is 15.8. The molecule has 0 aliphatic carbocycles. The van der Waals surface area contributed by atoms with E-state index in [0.29, 0.717) is 33.1 Å². The van der Waals surface area contributed by atoms with Gasteiger partial charge in [-0.1, -0.05) is 95.2 Å². The van der Waals surface area contributed by atoms with Crippen molar-refractivity contribution in [1.82, 2.24) is 0 Å². The van der Waals surface area contributed by atoms with E-state index in [1.54, 1.807) is 24.3 Å². The number of hydrogen-bond acceptors (Lipinski definition) is 6. The number of phenols is 2. The van der Waals surface area contributed by atoms with Crippen LogP contribution in [0.3, 0.4) is 0 Å². The van der Waals surface area contributed by atoms with Crippen molar-refractivity contribution in [2.24, 2.45) is 0 Å². The maximum absolute atomic E-state index is 13.5. The molecule has 0 atom stereocenters. The van der Waals surface area contributed by atoms with Gasteiger partial charge in [-0.05, 0) is 69.2 Å². The number of phenolic OH excluding ortho intramolecular Hbond substituents is 2. The van der Waals surface area contributed by atoms with Crippen molar-refractivity contribution in [2.75, 3.05) is 0 Å². The first-order chi connectivity index (χ1) is 21.0. The van der Waals surface area contributed by atoms with E-state index in [-0.39, 0.29) is 44.3 Å². The van der Waals surface area contributed by atoms with Crippen molar-refractivity contribution >= 4 is 21.9 Å². The van der Waals surface area contributed by atoms with Crippen molar-refractivity contribution in [3.8, 4) is 33.8 Å². The zero-order chi connectivity index (χ0) is 34.3. The third-order valence-electron chi connectivity index (χ3n) is 8.74. The normalized spacial score (nSPS) is 13.1. The van der Waals surface area contributed by atoms with Gasteiger partial charge in [0, 0.05) is 33.0 Å². The Hall–Kier alpha value is -4.32. The SMILES string of the molecule is CC(C)(C)c1cc(-c2cc3cc4oc(=O)c(-c5cc(C(C)(C)C)cc(C(C)(C)C)c5O)cc4cc3oc2=O)c(O)c(C(C)(C)C)c1. The molecule has 0 fully saturated rings. The van der Waals surface area contributed by atoms with Crippen LogP contribution in [0.5, 0.6) is 11.5 Å². The third kappa shape index (κ3) is 5.97. The van der Waals surface area contributed by atoms with E-state index >= 15 is 0 Å². The molecule has 0 bridgehead atoms. The average Bonchev–Trinajstić information content (AvgIpc) is 2.89. The highest BCUT2D eigenvalue weighted by atomic mass is 16.4. The van der Waals surface area contributed by atoms with Gasteiger partial charge in [-0.2, -0.15) is 0 Å². The van der Waals surface area contributed by atoms with Crippen molar-refractivity contribution in [3.63, 3.8) is 0 Å². The lowest BCUT2D eigenvalue weighted by Gasteiger charge is -2.27. The number of aromatic hydroxyl groups is 2. The second-order valence-corrected chi connectivity index (χ2v) is 16.7. The Kier molecular flexibility index (Phi) is 7.63. The molecule has 242 valence electrons. The summed E-state index contributed by atoms with van der Waals surface area (Å²) in [6, 6.07) is 14.4. The Morgan fingerprint density at radius 3 is 1.04 bits per heavy atom. The largest absolute Gasteiger partial charge is 0.507 e. The van der Waals surface area contributed by atoms with Gasteiger partial charge in [-0.15, -0.1) is 0 Å². The van der Waals surface area contributed by atoms with Gasteiger partial charge >= 0.3 is 11.3 Å². The minimum absolute atomic E-state index is 0.0380. The quantitative estimate of drug-likeness (QED) is 0.150. The van der Waals surface area contributed by atoms with Crippen LogP contribution in [0.4, 0.5) is 0 Å². The lowest BCUT2D eigenvalue weighted by molar-refractivity contribution is 0.445. The predicted molar refractivity (Wildman–Crippen MR) is 188 cm³/mol. The maximum atomic E-state index is 13.5. The first kappa shape index (κ1) is 33.1. The average molecular weight is 623 g/mol. The van der Waals surface area contributed by atoms with Crippen molar-refractivity contribution in [3.05, 3.63) is 91.6 Å². The summed E-state index contributed by atoms with van der Waals surface area (Å²) in [6.07, 6.45) is 0. The van der Waals surface area contributed by atoms with Crippen molar-refractivity contribution < 1.29 is 19.0 Å². The summed E-state index contributed by atoms with van der Waals surface area (Å²) in [5.74, 6) is 0.0760. The van der Waals surface area contributed by atoms with Gasteiger partial charge in [-0.25, -0.2) is 9.59 Å². The molecule has 2 heterocycles. The summed E-state index contributed by atoms with van der Waals surface area (Å²) >= 11 is 0. The first-order valence-corrected chi connectivity index (χ1v) is 15.8. The topological polar surface area (TPSA) is 101 Å². The molecule has 46 heavy (non-hydrogen) atoms. The molecule has 2 N–H and O–H groups in total. The fraction of sp³-hybridized carbons (Fsp3) is 0.400. The molecule has 0 unspecified atom stereocenters. The molecular weight excluding hydrogens is 576 g/mol. The lowest BCUT2D eigenvalue weighted by Crippen LogP contribution is -2.17. The van der Waals surface area contributed by atoms with E-state index in [1.807, 2.05) is 65.8 Å². The van der Waals surface area contributed by atoms with Crippen LogP contribution in [0.1, 0.15) is 105 Å². The summed E-state index contributed by atoms with van der Waals surface area (Å²) in [4.78, 5) is 27.0. The Balaban J connectivity index is 1.75. The zero-order valence-corrected chi connectivity index (χ0v) is 29.1. The van der Waals surface area contributed by atoms with Crippen molar-refractivity contribution in [1.29, 1.82) is 0 Å². The number of hydrogen-bond donors (Lipinski definition) is 2. The molecule has 6 nitrogen and oxygen atoms in total. The molecule has 0 aliphatic rings. The van der Waals surface area contributed by atoms with Gasteiger partial charge in [0.15, 0.2) is 0 Å². The molecule has 0 spiro atoms. The predicted octanol–water partition coefficient (Wildman–Crippen LogP) is 9.83. The Bertz CT molecular complexity index is 1980. The molecule has 5 aromatic rings. The molecule has 0 radical (unpaired) electrons. The minimum atomic E-state index is -0.587. The molecular formula is C40H46O6. The minimum Gasteiger partial charge on any atom is -0.507 e. The van der Waals surface area contributed by atoms with E-state index in [9.17, 15) is 19.8 Å². The maximum Gasteiger partial charge on any atom is 0.344 e. The number of rotatable bonds is 2. The summed E-state index contributed by atoms with van der Waals surface area (Å²) in [5.41, 5.74) is 2.91. The number of fused-ring (bicyclic) bond motifs is 2. The molecule has 3 aromatic carbocycles. The van der Waals surface area contributed by atoms with Crippen LogP contribution in [0.15, 0.2) is 67.0 Å². The summed E-state index contributed by atoms with van der Waals surface area (Å²) in [6.45, 7) is 24.6. The zero-order valence-electron chi connectivity index (χ0n) is 29.1. The molecule has 0 saturated heterocycles. The van der Waals surface area contributed by atoms with E-state index in [2.05, 4.69) is 41.5 Å². The van der Waals surface area contributed by atoms with Gasteiger partial charge in [0.1, 0.15) is 22.7 Å². The van der Waals surface area contributed by atoms with Crippen LogP contribution < -0.4 is 11.3 Å². The standard InChI is InChI=1S/C40H46O6/c1-37(2,3)23-17-25(33(41)29(19-23)39(7,8)9)27-13-21-15-32-22(16-31(21)45-35(27)43)14-28(36(44)46-32)26-18-24(38(4,5)6)20-30(34(26)42)40(10,11)12/h13-20,41-42H,1-12H3. The Morgan fingerprint density at radius 2 is 0.761 bits per heavy atom. The van der Waals surface area contributed by atoms with Crippen LogP contribution in [0.25, 0.3) is 44.2 Å². The van der Waals surface area contributed by atoms with Crippen LogP contribution in [0, 0.1) is 0 Å². The van der Waals surface area contributed by atoms with Crippen LogP contribution in [0.2, 0.25) is 0 Å². The summed E-state index contributed by atoms with van der Waals surface area (Å²) in [7, 11) is 0. The second kappa shape index (κ2) is 10.6. The molecule has 6 heteroatoms. The van der Waals surface area contributed by atoms with Gasteiger partial charge in [0.2, 0.25) is 0 Å². The van der Waals surface area contributed by atoms with Gasteiger partial charge in [-0.3, -0.25) is 0 Å². The highest BCUT2D eigenvalue weighted by Crippen LogP contribution is 2.43. The fourth-order valence-electron chi connectivity index (χ4n) is 5.80.